The molecule has 0 spiro atoms. The van der Waals surface area contributed by atoms with Crippen molar-refractivity contribution in [1.29, 1.82) is 0 Å². The molecule has 0 unspecified atom stereocenters. The number of fused-ring (bicyclic) bond motifs is 2. The topological polar surface area (TPSA) is 99.2 Å². The number of anilines is 2. The number of aromatic nitrogens is 8. The van der Waals surface area contributed by atoms with Crippen LogP contribution in [0.5, 0.6) is 0 Å². The quantitative estimate of drug-likeness (QED) is 0.454. The first-order chi connectivity index (χ1) is 15.8. The minimum Gasteiger partial charge on any atom is -0.340 e. The van der Waals surface area contributed by atoms with Crippen molar-refractivity contribution >= 4 is 33.3 Å². The van der Waals surface area contributed by atoms with Gasteiger partial charge in [0.15, 0.2) is 5.82 Å². The highest BCUT2D eigenvalue weighted by Crippen LogP contribution is 2.26. The predicted octanol–water partition coefficient (Wildman–Crippen LogP) is 3.75. The molecule has 0 radical (unpaired) electrons. The largest absolute Gasteiger partial charge is 0.340 e. The first-order valence-corrected chi connectivity index (χ1v) is 10.1. The number of nitrogens with one attached hydrogen (secondary N) is 1. The monoisotopic (exact) mass is 419 g/mol. The zero-order chi connectivity index (χ0) is 21.3. The summed E-state index contributed by atoms with van der Waals surface area (Å²) in [5, 5.41) is 17.7. The fourth-order valence-electron chi connectivity index (χ4n) is 3.69. The third-order valence-electron chi connectivity index (χ3n) is 5.24. The molecule has 9 nitrogen and oxygen atoms in total. The van der Waals surface area contributed by atoms with Crippen LogP contribution in [0.4, 0.5) is 11.5 Å². The molecule has 0 amide bonds. The molecule has 154 valence electrons. The maximum atomic E-state index is 4.57. The van der Waals surface area contributed by atoms with Gasteiger partial charge in [-0.15, -0.1) is 5.10 Å². The average molecular weight is 419 g/mol. The molecule has 0 aliphatic heterocycles. The van der Waals surface area contributed by atoms with E-state index in [4.69, 9.17) is 0 Å². The lowest BCUT2D eigenvalue weighted by Gasteiger charge is -2.10. The molecular formula is C23H17N9. The molecule has 0 bridgehead atoms. The third kappa shape index (κ3) is 3.31. The van der Waals surface area contributed by atoms with Crippen molar-refractivity contribution in [2.24, 2.45) is 0 Å². The van der Waals surface area contributed by atoms with Crippen LogP contribution < -0.4 is 5.32 Å². The van der Waals surface area contributed by atoms with Crippen LogP contribution in [0.2, 0.25) is 0 Å². The Kier molecular flexibility index (Phi) is 4.28. The minimum absolute atomic E-state index is 0.644. The summed E-state index contributed by atoms with van der Waals surface area (Å²) in [6, 6.07) is 18.4. The first kappa shape index (κ1) is 18.1. The van der Waals surface area contributed by atoms with Crippen LogP contribution in [0.15, 0.2) is 85.7 Å². The average Bonchev–Trinajstić information content (AvgIpc) is 3.50. The lowest BCUT2D eigenvalue weighted by Crippen LogP contribution is -2.02. The Morgan fingerprint density at radius 1 is 0.906 bits per heavy atom. The molecule has 9 heteroatoms. The van der Waals surface area contributed by atoms with Crippen LogP contribution in [0.3, 0.4) is 0 Å². The molecule has 0 saturated heterocycles. The molecule has 6 aromatic rings. The van der Waals surface area contributed by atoms with Crippen molar-refractivity contribution in [3.63, 3.8) is 0 Å². The Labute approximate surface area is 182 Å². The second-order valence-corrected chi connectivity index (χ2v) is 7.32. The van der Waals surface area contributed by atoms with Crippen LogP contribution in [-0.2, 0) is 6.54 Å². The van der Waals surface area contributed by atoms with E-state index in [9.17, 15) is 0 Å². The van der Waals surface area contributed by atoms with Gasteiger partial charge in [0.1, 0.15) is 12.1 Å². The molecule has 4 heterocycles. The zero-order valence-electron chi connectivity index (χ0n) is 16.9. The summed E-state index contributed by atoms with van der Waals surface area (Å²) in [6.07, 6.45) is 8.47. The Hall–Kier alpha value is -4.66. The second-order valence-electron chi connectivity index (χ2n) is 7.32. The summed E-state index contributed by atoms with van der Waals surface area (Å²) in [6.45, 7) is 0.728. The summed E-state index contributed by atoms with van der Waals surface area (Å²) in [4.78, 5) is 13.2. The molecule has 6 rings (SSSR count). The van der Waals surface area contributed by atoms with Gasteiger partial charge >= 0.3 is 0 Å². The van der Waals surface area contributed by atoms with Crippen molar-refractivity contribution in [2.75, 3.05) is 5.32 Å². The molecule has 0 aliphatic rings. The lowest BCUT2D eigenvalue weighted by molar-refractivity contribution is 0.712. The van der Waals surface area contributed by atoms with E-state index in [-0.39, 0.29) is 0 Å². The van der Waals surface area contributed by atoms with Crippen molar-refractivity contribution in [1.82, 2.24) is 39.7 Å². The fraction of sp³-hybridized carbons (Fsp3) is 0.0435. The van der Waals surface area contributed by atoms with Crippen molar-refractivity contribution in [3.8, 4) is 5.82 Å². The number of rotatable bonds is 5. The van der Waals surface area contributed by atoms with E-state index in [1.165, 1.54) is 11.9 Å². The normalized spacial score (nSPS) is 11.2. The second kappa shape index (κ2) is 7.55. The SMILES string of the molecule is c1ccc(Cn2ncc3cc(Nc4ncnc5cnc(-n6ccnn6)cc45)ccc32)cc1. The van der Waals surface area contributed by atoms with Gasteiger partial charge in [-0.05, 0) is 29.8 Å². The van der Waals surface area contributed by atoms with Gasteiger partial charge in [0.05, 0.1) is 42.4 Å². The van der Waals surface area contributed by atoms with Crippen LogP contribution in [0.25, 0.3) is 27.6 Å². The van der Waals surface area contributed by atoms with E-state index < -0.39 is 0 Å². The van der Waals surface area contributed by atoms with Gasteiger partial charge in [-0.3, -0.25) is 4.68 Å². The summed E-state index contributed by atoms with van der Waals surface area (Å²) >= 11 is 0. The van der Waals surface area contributed by atoms with Crippen LogP contribution >= 0.6 is 0 Å². The molecule has 32 heavy (non-hydrogen) atoms. The van der Waals surface area contributed by atoms with Crippen molar-refractivity contribution < 1.29 is 0 Å². The highest BCUT2D eigenvalue weighted by atomic mass is 15.4. The summed E-state index contributed by atoms with van der Waals surface area (Å²) in [5.74, 6) is 1.33. The molecule has 0 fully saturated rings. The van der Waals surface area contributed by atoms with Crippen LogP contribution in [0.1, 0.15) is 5.56 Å². The Balaban J connectivity index is 1.33. The lowest BCUT2D eigenvalue weighted by atomic mass is 10.2. The fourth-order valence-corrected chi connectivity index (χ4v) is 3.69. The predicted molar refractivity (Wildman–Crippen MR) is 121 cm³/mol. The number of benzene rings is 2. The molecule has 2 aromatic carbocycles. The third-order valence-corrected chi connectivity index (χ3v) is 5.24. The Morgan fingerprint density at radius 2 is 1.84 bits per heavy atom. The molecule has 4 aromatic heterocycles. The van der Waals surface area contributed by atoms with Gasteiger partial charge in [0.2, 0.25) is 0 Å². The van der Waals surface area contributed by atoms with Crippen molar-refractivity contribution in [2.45, 2.75) is 6.54 Å². The highest BCUT2D eigenvalue weighted by molar-refractivity contribution is 5.92. The zero-order valence-corrected chi connectivity index (χ0v) is 16.9. The Bertz CT molecular complexity index is 1520. The van der Waals surface area contributed by atoms with Gasteiger partial charge < -0.3 is 5.32 Å². The van der Waals surface area contributed by atoms with E-state index >= 15 is 0 Å². The van der Waals surface area contributed by atoms with E-state index in [0.717, 1.165) is 34.0 Å². The van der Waals surface area contributed by atoms with Gasteiger partial charge in [-0.1, -0.05) is 35.5 Å². The van der Waals surface area contributed by atoms with E-state index in [1.54, 1.807) is 23.3 Å². The minimum atomic E-state index is 0.644. The summed E-state index contributed by atoms with van der Waals surface area (Å²) in [5.41, 5.74) is 3.94. The molecule has 0 saturated carbocycles. The number of pyridine rings is 1. The first-order valence-electron chi connectivity index (χ1n) is 10.1. The molecule has 1 N–H and O–H groups in total. The molecule has 0 aliphatic carbocycles. The molecular weight excluding hydrogens is 402 g/mol. The van der Waals surface area contributed by atoms with Gasteiger partial charge in [0.25, 0.3) is 0 Å². The maximum Gasteiger partial charge on any atom is 0.155 e. The van der Waals surface area contributed by atoms with Crippen molar-refractivity contribution in [3.05, 3.63) is 91.3 Å². The number of hydrogen-bond donors (Lipinski definition) is 1. The summed E-state index contributed by atoms with van der Waals surface area (Å²) < 4.78 is 3.61. The van der Waals surface area contributed by atoms with Gasteiger partial charge in [0, 0.05) is 16.5 Å². The number of nitrogens with zero attached hydrogens (tertiary/aromatic N) is 8. The van der Waals surface area contributed by atoms with Gasteiger partial charge in [-0.25, -0.2) is 19.6 Å². The van der Waals surface area contributed by atoms with Crippen LogP contribution in [-0.4, -0.2) is 39.7 Å². The Morgan fingerprint density at radius 3 is 2.72 bits per heavy atom. The van der Waals surface area contributed by atoms with Crippen LogP contribution in [0, 0.1) is 0 Å². The highest BCUT2D eigenvalue weighted by Gasteiger charge is 2.10. The maximum absolute atomic E-state index is 4.57. The number of hydrogen-bond acceptors (Lipinski definition) is 7. The van der Waals surface area contributed by atoms with Gasteiger partial charge in [-0.2, -0.15) is 5.10 Å². The standard InChI is InChI=1S/C23H17N9/c1-2-4-16(5-3-1)14-32-21-7-6-18(10-17(21)12-28-32)29-23-19-11-22(31-9-8-27-30-31)24-13-20(19)25-15-26-23/h1-13,15H,14H2,(H,25,26,29). The smallest absolute Gasteiger partial charge is 0.155 e. The van der Waals surface area contributed by atoms with E-state index in [1.807, 2.05) is 41.2 Å². The van der Waals surface area contributed by atoms with E-state index in [0.29, 0.717) is 11.6 Å². The van der Waals surface area contributed by atoms with E-state index in [2.05, 4.69) is 59.9 Å². The summed E-state index contributed by atoms with van der Waals surface area (Å²) in [7, 11) is 0. The molecule has 0 atom stereocenters.